The van der Waals surface area contributed by atoms with E-state index in [9.17, 15) is 13.2 Å². The molecule has 0 unspecified atom stereocenters. The lowest BCUT2D eigenvalue weighted by molar-refractivity contribution is -0.134. The summed E-state index contributed by atoms with van der Waals surface area (Å²) in [6.07, 6.45) is 1.53. The molecule has 0 saturated carbocycles. The monoisotopic (exact) mass is 418 g/mol. The Hall–Kier alpha value is -1.48. The van der Waals surface area contributed by atoms with Crippen molar-refractivity contribution in [3.63, 3.8) is 0 Å². The summed E-state index contributed by atoms with van der Waals surface area (Å²) in [7, 11) is -2.51. The van der Waals surface area contributed by atoms with Crippen LogP contribution in [0.5, 0.6) is 5.75 Å². The first-order valence-corrected chi connectivity index (χ1v) is 8.95. The van der Waals surface area contributed by atoms with Crippen LogP contribution >= 0.6 is 27.5 Å². The van der Waals surface area contributed by atoms with Crippen LogP contribution in [0.2, 0.25) is 5.02 Å². The minimum atomic E-state index is -3.81. The van der Waals surface area contributed by atoms with Crippen LogP contribution in [-0.2, 0) is 14.8 Å². The fourth-order valence-electron chi connectivity index (χ4n) is 1.66. The Labute approximate surface area is 147 Å². The molecule has 0 fully saturated rings. The Morgan fingerprint density at radius 3 is 2.57 bits per heavy atom. The van der Waals surface area contributed by atoms with E-state index >= 15 is 0 Å². The van der Waals surface area contributed by atoms with Crippen LogP contribution in [0.4, 0.5) is 0 Å². The molecule has 2 rings (SSSR count). The minimum Gasteiger partial charge on any atom is -0.423 e. The second-order valence-corrected chi connectivity index (χ2v) is 7.71. The fraction of sp³-hybridized carbons (Fsp3) is 0.143. The molecule has 2 aromatic rings. The molecule has 0 saturated heterocycles. The molecule has 0 spiro atoms. The quantitative estimate of drug-likeness (QED) is 0.550. The predicted molar refractivity (Wildman–Crippen MR) is 88.8 cm³/mol. The zero-order valence-corrected chi connectivity index (χ0v) is 15.1. The highest BCUT2D eigenvalue weighted by molar-refractivity contribution is 9.10. The Kier molecular flexibility index (Phi) is 5.74. The van der Waals surface area contributed by atoms with E-state index in [1.807, 2.05) is 0 Å². The van der Waals surface area contributed by atoms with E-state index in [0.29, 0.717) is 9.63 Å². The first-order valence-electron chi connectivity index (χ1n) is 6.34. The molecule has 1 aromatic carbocycles. The van der Waals surface area contributed by atoms with E-state index in [-0.39, 0.29) is 10.6 Å². The third kappa shape index (κ3) is 4.51. The standard InChI is InChI=1S/C14H12BrClN2O4S/c1-18(23(20,21)11-6-4-10(16)5-7-11)9-13(19)22-12-3-2-8-17-14(12)15/h2-8H,9H2,1H3. The number of nitrogens with zero attached hydrogens (tertiary/aromatic N) is 2. The molecule has 0 bridgehead atoms. The maximum Gasteiger partial charge on any atom is 0.326 e. The summed E-state index contributed by atoms with van der Waals surface area (Å²) in [5, 5.41) is 0.424. The highest BCUT2D eigenvalue weighted by atomic mass is 79.9. The molecule has 1 aromatic heterocycles. The molecule has 0 atom stereocenters. The van der Waals surface area contributed by atoms with Gasteiger partial charge in [0.05, 0.1) is 4.90 Å². The van der Waals surface area contributed by atoms with Crippen LogP contribution in [0.3, 0.4) is 0 Å². The summed E-state index contributed by atoms with van der Waals surface area (Å²) >= 11 is 8.88. The Balaban J connectivity index is 2.08. The summed E-state index contributed by atoms with van der Waals surface area (Å²) in [4.78, 5) is 15.9. The van der Waals surface area contributed by atoms with Crippen LogP contribution in [0.25, 0.3) is 0 Å². The number of benzene rings is 1. The van der Waals surface area contributed by atoms with Crippen molar-refractivity contribution in [3.05, 3.63) is 52.2 Å². The average Bonchev–Trinajstić information content (AvgIpc) is 2.50. The first kappa shape index (κ1) is 17.9. The number of esters is 1. The highest BCUT2D eigenvalue weighted by Gasteiger charge is 2.24. The third-order valence-corrected chi connectivity index (χ3v) is 5.49. The molecule has 0 aliphatic heterocycles. The van der Waals surface area contributed by atoms with Gasteiger partial charge in [0.2, 0.25) is 10.0 Å². The van der Waals surface area contributed by atoms with Crippen molar-refractivity contribution in [3.8, 4) is 5.75 Å². The van der Waals surface area contributed by atoms with Crippen molar-refractivity contribution in [2.45, 2.75) is 4.90 Å². The molecule has 0 amide bonds. The zero-order chi connectivity index (χ0) is 17.0. The van der Waals surface area contributed by atoms with Crippen molar-refractivity contribution in [2.75, 3.05) is 13.6 Å². The second kappa shape index (κ2) is 7.39. The number of aromatic nitrogens is 1. The van der Waals surface area contributed by atoms with Gasteiger partial charge in [-0.2, -0.15) is 4.31 Å². The average molecular weight is 420 g/mol. The van der Waals surface area contributed by atoms with Crippen LogP contribution in [-0.4, -0.2) is 37.3 Å². The molecule has 0 N–H and O–H groups in total. The number of pyridine rings is 1. The van der Waals surface area contributed by atoms with Crippen LogP contribution < -0.4 is 4.74 Å². The molecule has 9 heteroatoms. The maximum atomic E-state index is 12.4. The summed E-state index contributed by atoms with van der Waals surface area (Å²) < 4.78 is 31.1. The largest absolute Gasteiger partial charge is 0.423 e. The van der Waals surface area contributed by atoms with Gasteiger partial charge in [-0.3, -0.25) is 4.79 Å². The van der Waals surface area contributed by atoms with E-state index in [0.717, 1.165) is 4.31 Å². The lowest BCUT2D eigenvalue weighted by Crippen LogP contribution is -2.34. The molecular formula is C14H12BrClN2O4S. The zero-order valence-electron chi connectivity index (χ0n) is 11.9. The second-order valence-electron chi connectivity index (χ2n) is 4.48. The van der Waals surface area contributed by atoms with Crippen molar-refractivity contribution >= 4 is 43.5 Å². The Morgan fingerprint density at radius 2 is 1.96 bits per heavy atom. The van der Waals surface area contributed by atoms with Gasteiger partial charge in [-0.1, -0.05) is 11.6 Å². The van der Waals surface area contributed by atoms with Gasteiger partial charge >= 0.3 is 5.97 Å². The van der Waals surface area contributed by atoms with Crippen molar-refractivity contribution < 1.29 is 17.9 Å². The summed E-state index contributed by atoms with van der Waals surface area (Å²) in [6.45, 7) is -0.438. The maximum absolute atomic E-state index is 12.4. The number of hydrogen-bond acceptors (Lipinski definition) is 5. The predicted octanol–water partition coefficient (Wildman–Crippen LogP) is 2.72. The lowest BCUT2D eigenvalue weighted by atomic mass is 10.4. The molecule has 122 valence electrons. The van der Waals surface area contributed by atoms with E-state index in [1.165, 1.54) is 37.5 Å². The normalized spacial score (nSPS) is 11.5. The van der Waals surface area contributed by atoms with Crippen LogP contribution in [0, 0.1) is 0 Å². The number of halogens is 2. The molecule has 23 heavy (non-hydrogen) atoms. The number of sulfonamides is 1. The van der Waals surface area contributed by atoms with Gasteiger partial charge in [0, 0.05) is 18.3 Å². The molecule has 6 nitrogen and oxygen atoms in total. The number of carbonyl (C=O) groups is 1. The van der Waals surface area contributed by atoms with Gasteiger partial charge in [0.15, 0.2) is 5.75 Å². The number of hydrogen-bond donors (Lipinski definition) is 0. The van der Waals surface area contributed by atoms with Crippen molar-refractivity contribution in [1.29, 1.82) is 0 Å². The van der Waals surface area contributed by atoms with Gasteiger partial charge in [-0.25, -0.2) is 13.4 Å². The van der Waals surface area contributed by atoms with Crippen molar-refractivity contribution in [2.24, 2.45) is 0 Å². The summed E-state index contributed by atoms with van der Waals surface area (Å²) in [6, 6.07) is 8.82. The van der Waals surface area contributed by atoms with Gasteiger partial charge < -0.3 is 4.74 Å². The van der Waals surface area contributed by atoms with E-state index in [4.69, 9.17) is 16.3 Å². The number of rotatable bonds is 5. The van der Waals surface area contributed by atoms with Gasteiger partial charge in [-0.15, -0.1) is 0 Å². The first-order chi connectivity index (χ1) is 10.8. The van der Waals surface area contributed by atoms with Gasteiger partial charge in [-0.05, 0) is 52.3 Å². The van der Waals surface area contributed by atoms with Gasteiger partial charge in [0.1, 0.15) is 11.1 Å². The van der Waals surface area contributed by atoms with Crippen molar-refractivity contribution in [1.82, 2.24) is 9.29 Å². The Bertz CT molecular complexity index is 812. The summed E-state index contributed by atoms with van der Waals surface area (Å²) in [5.41, 5.74) is 0. The van der Waals surface area contributed by atoms with E-state index < -0.39 is 22.5 Å². The third-order valence-electron chi connectivity index (χ3n) is 2.82. The molecule has 0 aliphatic carbocycles. The smallest absolute Gasteiger partial charge is 0.326 e. The number of carbonyl (C=O) groups excluding carboxylic acids is 1. The molecule has 1 heterocycles. The fourth-order valence-corrected chi connectivity index (χ4v) is 3.23. The highest BCUT2D eigenvalue weighted by Crippen LogP contribution is 2.22. The number of ether oxygens (including phenoxy) is 1. The van der Waals surface area contributed by atoms with E-state index in [2.05, 4.69) is 20.9 Å². The topological polar surface area (TPSA) is 76.6 Å². The van der Waals surface area contributed by atoms with Crippen LogP contribution in [0.15, 0.2) is 52.1 Å². The Morgan fingerprint density at radius 1 is 1.30 bits per heavy atom. The summed E-state index contributed by atoms with van der Waals surface area (Å²) in [5.74, 6) is -0.506. The van der Waals surface area contributed by atoms with E-state index in [1.54, 1.807) is 12.1 Å². The molecule has 0 aliphatic rings. The van der Waals surface area contributed by atoms with Gasteiger partial charge in [0.25, 0.3) is 0 Å². The van der Waals surface area contributed by atoms with Crippen LogP contribution in [0.1, 0.15) is 0 Å². The molecule has 0 radical (unpaired) electrons. The number of likely N-dealkylation sites (N-methyl/N-ethyl adjacent to an activating group) is 1. The minimum absolute atomic E-state index is 0.0414. The SMILES string of the molecule is CN(CC(=O)Oc1cccnc1Br)S(=O)(=O)c1ccc(Cl)cc1. The lowest BCUT2D eigenvalue weighted by Gasteiger charge is -2.16. The molecular weight excluding hydrogens is 408 g/mol.